The van der Waals surface area contributed by atoms with Gasteiger partial charge in [0.2, 0.25) is 0 Å². The summed E-state index contributed by atoms with van der Waals surface area (Å²) in [4.78, 5) is 12.1. The number of nitrogens with one attached hydrogen (secondary N) is 1. The third kappa shape index (κ3) is 3.97. The van der Waals surface area contributed by atoms with E-state index in [9.17, 15) is 4.79 Å². The van der Waals surface area contributed by atoms with Crippen LogP contribution < -0.4 is 5.32 Å². The second-order valence-corrected chi connectivity index (χ2v) is 6.83. The summed E-state index contributed by atoms with van der Waals surface area (Å²) in [5.74, 6) is 2.15. The lowest BCUT2D eigenvalue weighted by Crippen LogP contribution is -2.46. The van der Waals surface area contributed by atoms with Gasteiger partial charge in [0.25, 0.3) is 5.91 Å². The van der Waals surface area contributed by atoms with Crippen LogP contribution in [0.25, 0.3) is 0 Å². The summed E-state index contributed by atoms with van der Waals surface area (Å²) in [6.07, 6.45) is 1.99. The summed E-state index contributed by atoms with van der Waals surface area (Å²) in [5.41, 5.74) is 0.484. The van der Waals surface area contributed by atoms with Crippen molar-refractivity contribution in [2.75, 3.05) is 25.2 Å². The van der Waals surface area contributed by atoms with Gasteiger partial charge < -0.3 is 10.1 Å². The second-order valence-electron chi connectivity index (χ2n) is 4.69. The molecule has 104 valence electrons. The molecule has 1 aromatic carbocycles. The maximum atomic E-state index is 12.1. The maximum Gasteiger partial charge on any atom is 0.251 e. The van der Waals surface area contributed by atoms with Crippen molar-refractivity contribution in [3.63, 3.8) is 0 Å². The Hall–Kier alpha value is -0.520. The molecule has 2 rings (SSSR count). The number of hydrogen-bond donors (Lipinski definition) is 1. The van der Waals surface area contributed by atoms with Crippen molar-refractivity contribution in [2.45, 2.75) is 18.4 Å². The minimum atomic E-state index is -0.188. The Labute approximate surface area is 126 Å². The van der Waals surface area contributed by atoms with E-state index in [1.165, 1.54) is 0 Å². The topological polar surface area (TPSA) is 38.3 Å². The molecule has 1 fully saturated rings. The van der Waals surface area contributed by atoms with Gasteiger partial charge in [-0.2, -0.15) is 11.8 Å². The fourth-order valence-corrected chi connectivity index (χ4v) is 3.81. The van der Waals surface area contributed by atoms with Crippen LogP contribution in [0.1, 0.15) is 23.2 Å². The summed E-state index contributed by atoms with van der Waals surface area (Å²) < 4.78 is 6.56. The Morgan fingerprint density at radius 3 is 2.84 bits per heavy atom. The fourth-order valence-electron chi connectivity index (χ4n) is 2.17. The third-order valence-electron chi connectivity index (χ3n) is 3.49. The molecule has 1 aliphatic heterocycles. The highest BCUT2D eigenvalue weighted by molar-refractivity contribution is 9.10. The van der Waals surface area contributed by atoms with Gasteiger partial charge in [-0.1, -0.05) is 22.0 Å². The lowest BCUT2D eigenvalue weighted by Gasteiger charge is -2.35. The molecule has 0 aromatic heterocycles. The molecule has 1 aliphatic rings. The smallest absolute Gasteiger partial charge is 0.251 e. The molecule has 0 saturated carbocycles. The molecule has 0 bridgehead atoms. The average molecular weight is 344 g/mol. The first-order valence-electron chi connectivity index (χ1n) is 6.32. The van der Waals surface area contributed by atoms with Crippen LogP contribution in [0.3, 0.4) is 0 Å². The van der Waals surface area contributed by atoms with Gasteiger partial charge in [-0.25, -0.2) is 0 Å². The van der Waals surface area contributed by atoms with Crippen LogP contribution in [0.5, 0.6) is 0 Å². The highest BCUT2D eigenvalue weighted by Gasteiger charge is 2.32. The number of benzene rings is 1. The van der Waals surface area contributed by atoms with Crippen LogP contribution in [0.2, 0.25) is 0 Å². The minimum absolute atomic E-state index is 0.0454. The van der Waals surface area contributed by atoms with E-state index in [2.05, 4.69) is 21.2 Å². The first kappa shape index (κ1) is 14.9. The molecule has 3 nitrogen and oxygen atoms in total. The molecule has 1 heterocycles. The maximum absolute atomic E-state index is 12.1. The molecule has 5 heteroatoms. The number of hydrogen-bond acceptors (Lipinski definition) is 3. The van der Waals surface area contributed by atoms with Gasteiger partial charge in [0.15, 0.2) is 0 Å². The van der Waals surface area contributed by atoms with Crippen LogP contribution >= 0.6 is 27.7 Å². The van der Waals surface area contributed by atoms with E-state index in [-0.39, 0.29) is 11.5 Å². The number of carbonyl (C=O) groups is 1. The summed E-state index contributed by atoms with van der Waals surface area (Å²) in [7, 11) is 1.74. The van der Waals surface area contributed by atoms with Crippen molar-refractivity contribution in [2.24, 2.45) is 0 Å². The van der Waals surface area contributed by atoms with E-state index in [0.29, 0.717) is 12.1 Å². The molecular formula is C14H18BrNO2S. The molecular weight excluding hydrogens is 326 g/mol. The number of thioether (sulfide) groups is 1. The predicted octanol–water partition coefficient (Wildman–Crippen LogP) is 3.09. The van der Waals surface area contributed by atoms with E-state index >= 15 is 0 Å². The highest BCUT2D eigenvalue weighted by Crippen LogP contribution is 2.29. The number of rotatable bonds is 4. The number of methoxy groups -OCH3 is 1. The van der Waals surface area contributed by atoms with Crippen molar-refractivity contribution >= 4 is 33.6 Å². The number of amides is 1. The van der Waals surface area contributed by atoms with E-state index in [1.807, 2.05) is 36.0 Å². The number of carbonyl (C=O) groups excluding carboxylic acids is 1. The summed E-state index contributed by atoms with van der Waals surface area (Å²) in [6.45, 7) is 0.579. The number of halogens is 1. The van der Waals surface area contributed by atoms with Gasteiger partial charge in [0.05, 0.1) is 5.60 Å². The standard InChI is InChI=1S/C14H18BrNO2S/c1-18-14(5-7-19-8-6-14)10-16-13(17)11-3-2-4-12(15)9-11/h2-4,9H,5-8,10H2,1H3,(H,16,17). The average Bonchev–Trinajstić information content (AvgIpc) is 2.46. The van der Waals surface area contributed by atoms with Gasteiger partial charge in [-0.3, -0.25) is 4.79 Å². The molecule has 1 N–H and O–H groups in total. The fraction of sp³-hybridized carbons (Fsp3) is 0.500. The largest absolute Gasteiger partial charge is 0.376 e. The zero-order valence-corrected chi connectivity index (χ0v) is 13.4. The lowest BCUT2D eigenvalue weighted by molar-refractivity contribution is -0.0149. The van der Waals surface area contributed by atoms with Crippen molar-refractivity contribution in [3.8, 4) is 0 Å². The molecule has 0 aliphatic carbocycles. The van der Waals surface area contributed by atoms with Gasteiger partial charge in [-0.05, 0) is 42.5 Å². The molecule has 19 heavy (non-hydrogen) atoms. The predicted molar refractivity (Wildman–Crippen MR) is 82.8 cm³/mol. The molecule has 0 spiro atoms. The Kier molecular flexibility index (Phi) is 5.30. The zero-order chi connectivity index (χ0) is 13.7. The SMILES string of the molecule is COC1(CNC(=O)c2cccc(Br)c2)CCSCC1. The molecule has 1 saturated heterocycles. The molecule has 0 atom stereocenters. The molecule has 0 unspecified atom stereocenters. The van der Waals surface area contributed by atoms with Gasteiger partial charge in [0, 0.05) is 23.7 Å². The van der Waals surface area contributed by atoms with Crippen molar-refractivity contribution in [3.05, 3.63) is 34.3 Å². The lowest BCUT2D eigenvalue weighted by atomic mass is 9.96. The Balaban J connectivity index is 1.95. The van der Waals surface area contributed by atoms with Crippen molar-refractivity contribution < 1.29 is 9.53 Å². The normalized spacial score (nSPS) is 18.0. The van der Waals surface area contributed by atoms with Crippen LogP contribution in [0.15, 0.2) is 28.7 Å². The van der Waals surface area contributed by atoms with Gasteiger partial charge >= 0.3 is 0 Å². The second kappa shape index (κ2) is 6.77. The van der Waals surface area contributed by atoms with Crippen LogP contribution in [-0.4, -0.2) is 36.7 Å². The van der Waals surface area contributed by atoms with E-state index in [1.54, 1.807) is 7.11 Å². The van der Waals surface area contributed by atoms with Crippen LogP contribution in [0.4, 0.5) is 0 Å². The van der Waals surface area contributed by atoms with Gasteiger partial charge in [-0.15, -0.1) is 0 Å². The third-order valence-corrected chi connectivity index (χ3v) is 4.97. The Morgan fingerprint density at radius 2 is 2.21 bits per heavy atom. The van der Waals surface area contributed by atoms with Gasteiger partial charge in [0.1, 0.15) is 0 Å². The first-order valence-corrected chi connectivity index (χ1v) is 8.27. The molecule has 0 radical (unpaired) electrons. The van der Waals surface area contributed by atoms with Crippen LogP contribution in [-0.2, 0) is 4.74 Å². The summed E-state index contributed by atoms with van der Waals surface area (Å²) in [6, 6.07) is 7.41. The van der Waals surface area contributed by atoms with E-state index in [4.69, 9.17) is 4.74 Å². The van der Waals surface area contributed by atoms with Crippen molar-refractivity contribution in [1.82, 2.24) is 5.32 Å². The van der Waals surface area contributed by atoms with E-state index in [0.717, 1.165) is 28.8 Å². The summed E-state index contributed by atoms with van der Waals surface area (Å²) in [5, 5.41) is 2.99. The first-order chi connectivity index (χ1) is 9.15. The highest BCUT2D eigenvalue weighted by atomic mass is 79.9. The monoisotopic (exact) mass is 343 g/mol. The molecule has 1 amide bonds. The number of ether oxygens (including phenoxy) is 1. The Bertz CT molecular complexity index is 447. The van der Waals surface area contributed by atoms with Crippen molar-refractivity contribution in [1.29, 1.82) is 0 Å². The molecule has 1 aromatic rings. The Morgan fingerprint density at radius 1 is 1.47 bits per heavy atom. The van der Waals surface area contributed by atoms with E-state index < -0.39 is 0 Å². The zero-order valence-electron chi connectivity index (χ0n) is 10.9. The summed E-state index contributed by atoms with van der Waals surface area (Å²) >= 11 is 5.32. The quantitative estimate of drug-likeness (QED) is 0.912. The van der Waals surface area contributed by atoms with Crippen LogP contribution in [0, 0.1) is 0 Å². The minimum Gasteiger partial charge on any atom is -0.376 e.